The Labute approximate surface area is 170 Å². The third-order valence-corrected chi connectivity index (χ3v) is 4.95. The average molecular weight is 401 g/mol. The van der Waals surface area contributed by atoms with E-state index < -0.39 is 11.3 Å². The van der Waals surface area contributed by atoms with Crippen molar-refractivity contribution in [3.05, 3.63) is 18.2 Å². The number of nitrogens with one attached hydrogen (secondary N) is 1. The molecule has 0 radical (unpaired) electrons. The second kappa shape index (κ2) is 7.85. The van der Waals surface area contributed by atoms with Crippen LogP contribution in [0.1, 0.15) is 40.5 Å². The number of fused-ring (bicyclic) bond motifs is 1. The molecule has 0 unspecified atom stereocenters. The first kappa shape index (κ1) is 20.8. The number of ether oxygens (including phenoxy) is 1. The Kier molecular flexibility index (Phi) is 5.64. The van der Waals surface area contributed by atoms with Crippen LogP contribution >= 0.6 is 0 Å². The Morgan fingerprint density at radius 2 is 1.79 bits per heavy atom. The zero-order chi connectivity index (χ0) is 21.3. The van der Waals surface area contributed by atoms with Crippen LogP contribution in [0, 0.1) is 11.3 Å². The van der Waals surface area contributed by atoms with Gasteiger partial charge in [0.2, 0.25) is 23.6 Å². The smallest absolute Gasteiger partial charge is 0.244 e. The number of amides is 4. The molecule has 4 amide bonds. The Morgan fingerprint density at radius 1 is 1.14 bits per heavy atom. The van der Waals surface area contributed by atoms with Crippen molar-refractivity contribution in [2.45, 2.75) is 40.5 Å². The molecule has 2 heterocycles. The average Bonchev–Trinajstić information content (AvgIpc) is 2.91. The highest BCUT2D eigenvalue weighted by Gasteiger charge is 2.38. The maximum atomic E-state index is 13.1. The predicted octanol–water partition coefficient (Wildman–Crippen LogP) is 2.18. The molecule has 0 bridgehead atoms. The van der Waals surface area contributed by atoms with Crippen molar-refractivity contribution < 1.29 is 23.9 Å². The Balaban J connectivity index is 1.83. The lowest BCUT2D eigenvalue weighted by atomic mass is 9.92. The van der Waals surface area contributed by atoms with Gasteiger partial charge >= 0.3 is 0 Å². The molecule has 1 N–H and O–H groups in total. The van der Waals surface area contributed by atoms with Gasteiger partial charge in [-0.05, 0) is 38.0 Å². The summed E-state index contributed by atoms with van der Waals surface area (Å²) in [6.07, 6.45) is 0.286. The van der Waals surface area contributed by atoms with Gasteiger partial charge in [-0.1, -0.05) is 13.8 Å². The summed E-state index contributed by atoms with van der Waals surface area (Å²) in [5.41, 5.74) is 0.395. The van der Waals surface area contributed by atoms with E-state index in [1.807, 2.05) is 27.7 Å². The van der Waals surface area contributed by atoms with E-state index in [1.54, 1.807) is 23.1 Å². The molecular weight excluding hydrogens is 374 g/mol. The second-order valence-corrected chi connectivity index (χ2v) is 8.59. The SMILES string of the molecule is CC(C)CN1C(=O)C(C)(C)COc2ccc(NC(=O)CN3C(=O)CCC3=O)cc21. The monoisotopic (exact) mass is 401 g/mol. The quantitative estimate of drug-likeness (QED) is 0.763. The Morgan fingerprint density at radius 3 is 2.41 bits per heavy atom. The minimum atomic E-state index is -0.673. The lowest BCUT2D eigenvalue weighted by Gasteiger charge is -2.29. The number of likely N-dealkylation sites (tertiary alicyclic amines) is 1. The summed E-state index contributed by atoms with van der Waals surface area (Å²) >= 11 is 0. The van der Waals surface area contributed by atoms with Crippen molar-refractivity contribution in [2.75, 3.05) is 29.9 Å². The van der Waals surface area contributed by atoms with Crippen LogP contribution in [0.5, 0.6) is 5.75 Å². The molecule has 0 spiro atoms. The number of hydrogen-bond acceptors (Lipinski definition) is 5. The summed E-state index contributed by atoms with van der Waals surface area (Å²) in [4.78, 5) is 51.5. The Bertz CT molecular complexity index is 846. The highest BCUT2D eigenvalue weighted by molar-refractivity contribution is 6.06. The topological polar surface area (TPSA) is 96.0 Å². The summed E-state index contributed by atoms with van der Waals surface area (Å²) in [6, 6.07) is 5.10. The van der Waals surface area contributed by atoms with Crippen molar-refractivity contribution in [1.82, 2.24) is 4.90 Å². The highest BCUT2D eigenvalue weighted by atomic mass is 16.5. The summed E-state index contributed by atoms with van der Waals surface area (Å²) in [5, 5.41) is 2.71. The van der Waals surface area contributed by atoms with Gasteiger partial charge in [-0.3, -0.25) is 24.1 Å². The molecule has 1 fully saturated rings. The molecule has 1 aromatic carbocycles. The van der Waals surface area contributed by atoms with Crippen LogP contribution in [0.3, 0.4) is 0 Å². The standard InChI is InChI=1S/C21H27N3O5/c1-13(2)10-23-15-9-14(5-6-16(15)29-12-21(3,4)20(23)28)22-17(25)11-24-18(26)7-8-19(24)27/h5-6,9,13H,7-8,10-12H2,1-4H3,(H,22,25). The number of carbonyl (C=O) groups excluding carboxylic acids is 4. The second-order valence-electron chi connectivity index (χ2n) is 8.59. The molecule has 0 aliphatic carbocycles. The molecule has 0 aromatic heterocycles. The fraction of sp³-hybridized carbons (Fsp3) is 0.524. The molecule has 2 aliphatic heterocycles. The first-order valence-corrected chi connectivity index (χ1v) is 9.80. The van der Waals surface area contributed by atoms with Crippen molar-refractivity contribution in [3.8, 4) is 5.75 Å². The maximum Gasteiger partial charge on any atom is 0.244 e. The van der Waals surface area contributed by atoms with Crippen molar-refractivity contribution in [3.63, 3.8) is 0 Å². The molecule has 8 heteroatoms. The highest BCUT2D eigenvalue weighted by Crippen LogP contribution is 2.38. The van der Waals surface area contributed by atoms with Crippen LogP contribution < -0.4 is 15.0 Å². The largest absolute Gasteiger partial charge is 0.490 e. The Hall–Kier alpha value is -2.90. The molecule has 156 valence electrons. The molecule has 8 nitrogen and oxygen atoms in total. The van der Waals surface area contributed by atoms with E-state index in [1.165, 1.54) is 0 Å². The van der Waals surface area contributed by atoms with Crippen LogP contribution in [0.25, 0.3) is 0 Å². The number of anilines is 2. The minimum absolute atomic E-state index is 0.0401. The van der Waals surface area contributed by atoms with Crippen LogP contribution in [0.15, 0.2) is 18.2 Å². The normalized spacial score (nSPS) is 18.6. The fourth-order valence-corrected chi connectivity index (χ4v) is 3.41. The zero-order valence-corrected chi connectivity index (χ0v) is 17.3. The van der Waals surface area contributed by atoms with Crippen LogP contribution in [-0.2, 0) is 19.2 Å². The molecule has 1 saturated heterocycles. The number of carbonyl (C=O) groups is 4. The van der Waals surface area contributed by atoms with Crippen LogP contribution in [0.2, 0.25) is 0 Å². The molecule has 3 rings (SSSR count). The van der Waals surface area contributed by atoms with Gasteiger partial charge in [0.1, 0.15) is 18.9 Å². The molecular formula is C21H27N3O5. The van der Waals surface area contributed by atoms with E-state index >= 15 is 0 Å². The van der Waals surface area contributed by atoms with Crippen molar-refractivity contribution >= 4 is 35.0 Å². The minimum Gasteiger partial charge on any atom is -0.490 e. The maximum absolute atomic E-state index is 13.1. The van der Waals surface area contributed by atoms with Crippen molar-refractivity contribution in [2.24, 2.45) is 11.3 Å². The van der Waals surface area contributed by atoms with E-state index in [-0.39, 0.29) is 49.6 Å². The third-order valence-electron chi connectivity index (χ3n) is 4.95. The van der Waals surface area contributed by atoms with Gasteiger partial charge in [-0.2, -0.15) is 0 Å². The first-order chi connectivity index (χ1) is 13.6. The van der Waals surface area contributed by atoms with Crippen LogP contribution in [0.4, 0.5) is 11.4 Å². The summed E-state index contributed by atoms with van der Waals surface area (Å²) < 4.78 is 5.87. The van der Waals surface area contributed by atoms with Gasteiger partial charge in [-0.25, -0.2) is 0 Å². The van der Waals surface area contributed by atoms with Gasteiger partial charge < -0.3 is 15.0 Å². The van der Waals surface area contributed by atoms with E-state index in [0.717, 1.165) is 4.90 Å². The van der Waals surface area contributed by atoms with E-state index in [9.17, 15) is 19.2 Å². The zero-order valence-electron chi connectivity index (χ0n) is 17.3. The van der Waals surface area contributed by atoms with Crippen LogP contribution in [-0.4, -0.2) is 48.2 Å². The molecule has 0 atom stereocenters. The number of rotatable bonds is 5. The summed E-state index contributed by atoms with van der Waals surface area (Å²) in [7, 11) is 0. The van der Waals surface area contributed by atoms with E-state index in [0.29, 0.717) is 23.7 Å². The fourth-order valence-electron chi connectivity index (χ4n) is 3.41. The first-order valence-electron chi connectivity index (χ1n) is 9.80. The van der Waals surface area contributed by atoms with Gasteiger partial charge in [0.15, 0.2) is 0 Å². The number of hydrogen-bond donors (Lipinski definition) is 1. The number of nitrogens with zero attached hydrogens (tertiary/aromatic N) is 2. The van der Waals surface area contributed by atoms with Gasteiger partial charge in [0.25, 0.3) is 0 Å². The molecule has 29 heavy (non-hydrogen) atoms. The van der Waals surface area contributed by atoms with Gasteiger partial charge in [0.05, 0.1) is 11.1 Å². The lowest BCUT2D eigenvalue weighted by molar-refractivity contribution is -0.141. The number of imide groups is 1. The summed E-state index contributed by atoms with van der Waals surface area (Å²) in [5.74, 6) is -0.363. The van der Waals surface area contributed by atoms with Gasteiger partial charge in [0, 0.05) is 25.1 Å². The molecule has 1 aromatic rings. The summed E-state index contributed by atoms with van der Waals surface area (Å²) in [6.45, 7) is 8.23. The van der Waals surface area contributed by atoms with Gasteiger partial charge in [-0.15, -0.1) is 0 Å². The molecule has 0 saturated carbocycles. The third kappa shape index (κ3) is 4.41. The van der Waals surface area contributed by atoms with E-state index in [4.69, 9.17) is 4.74 Å². The number of benzene rings is 1. The predicted molar refractivity (Wildman–Crippen MR) is 107 cm³/mol. The molecule has 2 aliphatic rings. The van der Waals surface area contributed by atoms with E-state index in [2.05, 4.69) is 5.32 Å². The lowest BCUT2D eigenvalue weighted by Crippen LogP contribution is -2.43. The van der Waals surface area contributed by atoms with Crippen molar-refractivity contribution in [1.29, 1.82) is 0 Å².